The number of carbonyl (C=O) groups excluding carboxylic acids is 1. The number of carbonyl (C=O) groups is 1. The highest BCUT2D eigenvalue weighted by Gasteiger charge is 2.34. The van der Waals surface area contributed by atoms with Gasteiger partial charge in [0.25, 0.3) is 5.91 Å². The molecule has 0 unspecified atom stereocenters. The number of hydrogen-bond donors (Lipinski definition) is 2. The Morgan fingerprint density at radius 3 is 2.57 bits per heavy atom. The second-order valence-electron chi connectivity index (χ2n) is 6.37. The minimum absolute atomic E-state index is 0.0475. The van der Waals surface area contributed by atoms with Crippen molar-refractivity contribution in [2.75, 3.05) is 0 Å². The first-order valence-electron chi connectivity index (χ1n) is 8.48. The van der Waals surface area contributed by atoms with Gasteiger partial charge in [-0.05, 0) is 43.7 Å². The van der Waals surface area contributed by atoms with Crippen LogP contribution in [0.25, 0.3) is 5.69 Å². The highest BCUT2D eigenvalue weighted by atomic mass is 19.4. The first-order valence-corrected chi connectivity index (χ1v) is 8.48. The van der Waals surface area contributed by atoms with Crippen molar-refractivity contribution in [2.24, 2.45) is 5.73 Å². The molecule has 0 fully saturated rings. The summed E-state index contributed by atoms with van der Waals surface area (Å²) in [5.74, 6) is -0.130. The van der Waals surface area contributed by atoms with Crippen molar-refractivity contribution in [3.63, 3.8) is 0 Å². The van der Waals surface area contributed by atoms with Crippen molar-refractivity contribution < 1.29 is 22.4 Å². The molecule has 0 radical (unpaired) electrons. The average Bonchev–Trinajstić information content (AvgIpc) is 3.25. The van der Waals surface area contributed by atoms with E-state index in [-0.39, 0.29) is 24.2 Å². The van der Waals surface area contributed by atoms with Crippen LogP contribution in [0.15, 0.2) is 41.0 Å². The molecular weight excluding hydrogens is 373 g/mol. The summed E-state index contributed by atoms with van der Waals surface area (Å²) >= 11 is 0. The fourth-order valence-corrected chi connectivity index (χ4v) is 2.89. The van der Waals surface area contributed by atoms with Crippen LogP contribution in [0.3, 0.4) is 0 Å². The fourth-order valence-electron chi connectivity index (χ4n) is 2.89. The second kappa shape index (κ2) is 7.51. The van der Waals surface area contributed by atoms with Crippen LogP contribution < -0.4 is 11.1 Å². The Hall–Kier alpha value is -3.07. The van der Waals surface area contributed by atoms with E-state index in [0.29, 0.717) is 17.1 Å². The fraction of sp³-hybridized carbons (Fsp3) is 0.263. The quantitative estimate of drug-likeness (QED) is 0.696. The summed E-state index contributed by atoms with van der Waals surface area (Å²) in [7, 11) is 0. The largest absolute Gasteiger partial charge is 0.467 e. The van der Waals surface area contributed by atoms with Gasteiger partial charge in [-0.2, -0.15) is 18.3 Å². The number of halogens is 3. The van der Waals surface area contributed by atoms with Gasteiger partial charge in [-0.3, -0.25) is 4.79 Å². The van der Waals surface area contributed by atoms with E-state index >= 15 is 0 Å². The molecule has 0 saturated carbocycles. The molecule has 1 aromatic carbocycles. The summed E-state index contributed by atoms with van der Waals surface area (Å²) in [4.78, 5) is 12.1. The second-order valence-corrected chi connectivity index (χ2v) is 6.37. The van der Waals surface area contributed by atoms with Gasteiger partial charge in [0.1, 0.15) is 12.0 Å². The molecule has 0 aliphatic heterocycles. The molecule has 9 heteroatoms. The summed E-state index contributed by atoms with van der Waals surface area (Å²) in [6.07, 6.45) is -3.36. The maximum atomic E-state index is 13.6. The first-order chi connectivity index (χ1) is 13.2. The van der Waals surface area contributed by atoms with E-state index in [0.717, 1.165) is 11.8 Å². The van der Waals surface area contributed by atoms with E-state index in [9.17, 15) is 18.0 Å². The van der Waals surface area contributed by atoms with Gasteiger partial charge in [-0.1, -0.05) is 6.07 Å². The smallest absolute Gasteiger partial charge is 0.416 e. The molecule has 2 heterocycles. The highest BCUT2D eigenvalue weighted by molar-refractivity contribution is 5.93. The normalized spacial score (nSPS) is 11.6. The van der Waals surface area contributed by atoms with Gasteiger partial charge >= 0.3 is 6.18 Å². The number of nitrogens with two attached hydrogens (primary N) is 1. The molecule has 0 spiro atoms. The molecule has 28 heavy (non-hydrogen) atoms. The highest BCUT2D eigenvalue weighted by Crippen LogP contribution is 2.33. The van der Waals surface area contributed by atoms with Crippen molar-refractivity contribution in [3.05, 3.63) is 70.4 Å². The van der Waals surface area contributed by atoms with Gasteiger partial charge in [0.2, 0.25) is 0 Å². The molecule has 0 saturated heterocycles. The molecule has 0 bridgehead atoms. The number of amides is 1. The number of alkyl halides is 3. The maximum Gasteiger partial charge on any atom is 0.416 e. The van der Waals surface area contributed by atoms with Crippen LogP contribution in [-0.2, 0) is 19.3 Å². The Kier molecular flexibility index (Phi) is 5.28. The van der Waals surface area contributed by atoms with Crippen molar-refractivity contribution in [1.82, 2.24) is 15.1 Å². The molecular formula is C19H19F3N4O2. The number of furan rings is 1. The summed E-state index contributed by atoms with van der Waals surface area (Å²) in [6, 6.07) is 7.15. The van der Waals surface area contributed by atoms with Gasteiger partial charge in [-0.15, -0.1) is 0 Å². The minimum atomic E-state index is -4.57. The van der Waals surface area contributed by atoms with Crippen molar-refractivity contribution >= 4 is 5.91 Å². The van der Waals surface area contributed by atoms with Gasteiger partial charge in [-0.25, -0.2) is 4.68 Å². The molecule has 0 atom stereocenters. The standard InChI is InChI=1S/C19H19F3N4O2/c1-11-5-12(2)26(25-11)15-4-3-13(17(7-15)19(20,21)22)9-24-18(27)14-6-16(8-23)28-10-14/h3-7,10H,8-9,23H2,1-2H3,(H,24,27). The minimum Gasteiger partial charge on any atom is -0.467 e. The van der Waals surface area contributed by atoms with Crippen molar-refractivity contribution in [1.29, 1.82) is 0 Å². The average molecular weight is 392 g/mol. The van der Waals surface area contributed by atoms with Crippen LogP contribution in [0.4, 0.5) is 13.2 Å². The predicted molar refractivity (Wildman–Crippen MR) is 95.8 cm³/mol. The topological polar surface area (TPSA) is 86.1 Å². The van der Waals surface area contributed by atoms with Gasteiger partial charge in [0, 0.05) is 12.2 Å². The third-order valence-electron chi connectivity index (χ3n) is 4.21. The van der Waals surface area contributed by atoms with Crippen LogP contribution >= 0.6 is 0 Å². The van der Waals surface area contributed by atoms with Crippen LogP contribution in [0.1, 0.15) is 38.6 Å². The van der Waals surface area contributed by atoms with Crippen LogP contribution in [0, 0.1) is 13.8 Å². The number of benzene rings is 1. The summed E-state index contributed by atoms with van der Waals surface area (Å²) < 4.78 is 47.2. The summed E-state index contributed by atoms with van der Waals surface area (Å²) in [5, 5.41) is 6.69. The number of nitrogens with one attached hydrogen (secondary N) is 1. The van der Waals surface area contributed by atoms with E-state index < -0.39 is 17.6 Å². The predicted octanol–water partition coefficient (Wildman–Crippen LogP) is 3.49. The zero-order valence-electron chi connectivity index (χ0n) is 15.3. The third-order valence-corrected chi connectivity index (χ3v) is 4.21. The van der Waals surface area contributed by atoms with Gasteiger partial charge < -0.3 is 15.5 Å². The third kappa shape index (κ3) is 4.09. The van der Waals surface area contributed by atoms with Crippen molar-refractivity contribution in [2.45, 2.75) is 33.1 Å². The van der Waals surface area contributed by atoms with Crippen LogP contribution in [0.2, 0.25) is 0 Å². The van der Waals surface area contributed by atoms with Crippen molar-refractivity contribution in [3.8, 4) is 5.69 Å². The molecule has 6 nitrogen and oxygen atoms in total. The molecule has 1 amide bonds. The first kappa shape index (κ1) is 19.7. The van der Waals surface area contributed by atoms with Crippen LogP contribution in [0.5, 0.6) is 0 Å². The lowest BCUT2D eigenvalue weighted by Gasteiger charge is -2.15. The maximum absolute atomic E-state index is 13.6. The molecule has 148 valence electrons. The number of aromatic nitrogens is 2. The van der Waals surface area contributed by atoms with E-state index in [1.54, 1.807) is 26.0 Å². The zero-order valence-corrected chi connectivity index (χ0v) is 15.3. The lowest BCUT2D eigenvalue weighted by Crippen LogP contribution is -2.24. The van der Waals surface area contributed by atoms with Gasteiger partial charge in [0.15, 0.2) is 0 Å². The Morgan fingerprint density at radius 1 is 1.25 bits per heavy atom. The molecule has 3 rings (SSSR count). The summed E-state index contributed by atoms with van der Waals surface area (Å²) in [6.45, 7) is 3.37. The lowest BCUT2D eigenvalue weighted by molar-refractivity contribution is -0.138. The Balaban J connectivity index is 1.86. The molecule has 0 aliphatic rings. The number of nitrogens with zero attached hydrogens (tertiary/aromatic N) is 2. The van der Waals surface area contributed by atoms with E-state index in [4.69, 9.17) is 10.2 Å². The van der Waals surface area contributed by atoms with E-state index in [1.165, 1.54) is 23.1 Å². The summed E-state index contributed by atoms with van der Waals surface area (Å²) in [5.41, 5.74) is 6.47. The Labute approximate surface area is 159 Å². The van der Waals surface area contributed by atoms with E-state index in [2.05, 4.69) is 10.4 Å². The lowest BCUT2D eigenvalue weighted by atomic mass is 10.1. The SMILES string of the molecule is Cc1cc(C)n(-c2ccc(CNC(=O)c3coc(CN)c3)c(C(F)(F)F)c2)n1. The van der Waals surface area contributed by atoms with Gasteiger partial charge in [0.05, 0.1) is 29.1 Å². The Bertz CT molecular complexity index is 1010. The van der Waals surface area contributed by atoms with Crippen LogP contribution in [-0.4, -0.2) is 15.7 Å². The molecule has 2 aromatic heterocycles. The molecule has 3 aromatic rings. The molecule has 3 N–H and O–H groups in total. The molecule has 0 aliphatic carbocycles. The number of hydrogen-bond acceptors (Lipinski definition) is 4. The number of aryl methyl sites for hydroxylation is 2. The zero-order chi connectivity index (χ0) is 20.5. The monoisotopic (exact) mass is 392 g/mol. The Morgan fingerprint density at radius 2 is 2.00 bits per heavy atom. The number of rotatable bonds is 5. The van der Waals surface area contributed by atoms with E-state index in [1.807, 2.05) is 0 Å².